The van der Waals surface area contributed by atoms with Crippen LogP contribution in [0.5, 0.6) is 0 Å². The van der Waals surface area contributed by atoms with Gasteiger partial charge in [-0.3, -0.25) is 4.79 Å². The van der Waals surface area contributed by atoms with Crippen LogP contribution in [0.25, 0.3) is 0 Å². The van der Waals surface area contributed by atoms with E-state index < -0.39 is 18.6 Å². The van der Waals surface area contributed by atoms with Crippen LogP contribution < -0.4 is 10.7 Å². The first kappa shape index (κ1) is 13.2. The Bertz CT molecular complexity index is 227. The second-order valence-electron chi connectivity index (χ2n) is 3.77. The van der Waals surface area contributed by atoms with Crippen molar-refractivity contribution in [1.29, 1.82) is 0 Å². The Morgan fingerprint density at radius 3 is 2.38 bits per heavy atom. The molecule has 0 aliphatic carbocycles. The van der Waals surface area contributed by atoms with Gasteiger partial charge in [0.1, 0.15) is 6.54 Å². The summed E-state index contributed by atoms with van der Waals surface area (Å²) in [6, 6.07) is 0. The van der Waals surface area contributed by atoms with Gasteiger partial charge in [0.05, 0.1) is 6.54 Å². The molecule has 0 atom stereocenters. The van der Waals surface area contributed by atoms with Gasteiger partial charge in [-0.15, -0.1) is 0 Å². The van der Waals surface area contributed by atoms with Gasteiger partial charge in [-0.2, -0.15) is 13.2 Å². The third-order valence-corrected chi connectivity index (χ3v) is 2.31. The van der Waals surface area contributed by atoms with Crippen molar-refractivity contribution in [1.82, 2.24) is 15.8 Å². The number of rotatable bonds is 4. The van der Waals surface area contributed by atoms with Crippen LogP contribution in [-0.2, 0) is 4.79 Å². The summed E-state index contributed by atoms with van der Waals surface area (Å²) >= 11 is 0. The molecule has 0 unspecified atom stereocenters. The van der Waals surface area contributed by atoms with Gasteiger partial charge in [0, 0.05) is 13.1 Å². The maximum atomic E-state index is 11.8. The maximum Gasteiger partial charge on any atom is 0.405 e. The minimum atomic E-state index is -4.35. The van der Waals surface area contributed by atoms with Crippen molar-refractivity contribution in [2.24, 2.45) is 0 Å². The Balaban J connectivity index is 2.09. The number of amides is 1. The van der Waals surface area contributed by atoms with E-state index in [0.29, 0.717) is 0 Å². The van der Waals surface area contributed by atoms with Gasteiger partial charge >= 0.3 is 6.18 Å². The lowest BCUT2D eigenvalue weighted by Crippen LogP contribution is -2.47. The minimum absolute atomic E-state index is 0.101. The van der Waals surface area contributed by atoms with Crippen LogP contribution in [0, 0.1) is 0 Å². The van der Waals surface area contributed by atoms with E-state index in [0.717, 1.165) is 25.9 Å². The zero-order valence-corrected chi connectivity index (χ0v) is 8.94. The zero-order valence-electron chi connectivity index (χ0n) is 8.94. The number of hydrogen-bond acceptors (Lipinski definition) is 3. The molecule has 0 aromatic heterocycles. The number of hydrazine groups is 1. The summed E-state index contributed by atoms with van der Waals surface area (Å²) in [7, 11) is 0. The molecule has 4 nitrogen and oxygen atoms in total. The van der Waals surface area contributed by atoms with E-state index in [9.17, 15) is 18.0 Å². The van der Waals surface area contributed by atoms with Crippen LogP contribution in [0.4, 0.5) is 13.2 Å². The molecule has 0 spiro atoms. The fraction of sp³-hybridized carbons (Fsp3) is 0.889. The largest absolute Gasteiger partial charge is 0.405 e. The van der Waals surface area contributed by atoms with Crippen molar-refractivity contribution < 1.29 is 18.0 Å². The maximum absolute atomic E-state index is 11.8. The predicted molar refractivity (Wildman–Crippen MR) is 52.5 cm³/mol. The van der Waals surface area contributed by atoms with Crippen LogP contribution in [0.2, 0.25) is 0 Å². The Labute approximate surface area is 92.1 Å². The first-order valence-electron chi connectivity index (χ1n) is 5.29. The van der Waals surface area contributed by atoms with Crippen molar-refractivity contribution in [3.8, 4) is 0 Å². The fourth-order valence-corrected chi connectivity index (χ4v) is 1.50. The highest BCUT2D eigenvalue weighted by Crippen LogP contribution is 2.11. The Kier molecular flexibility index (Phi) is 5.01. The number of nitrogens with zero attached hydrogens (tertiary/aromatic N) is 1. The van der Waals surface area contributed by atoms with Gasteiger partial charge in [-0.25, -0.2) is 10.4 Å². The molecule has 1 saturated heterocycles. The van der Waals surface area contributed by atoms with Gasteiger partial charge in [-0.1, -0.05) is 6.42 Å². The van der Waals surface area contributed by atoms with Gasteiger partial charge in [0.15, 0.2) is 0 Å². The van der Waals surface area contributed by atoms with Crippen molar-refractivity contribution in [3.05, 3.63) is 0 Å². The van der Waals surface area contributed by atoms with Crippen LogP contribution in [0.1, 0.15) is 19.3 Å². The van der Waals surface area contributed by atoms with Gasteiger partial charge in [0.25, 0.3) is 0 Å². The summed E-state index contributed by atoms with van der Waals surface area (Å²) in [5.41, 5.74) is 2.81. The molecule has 7 heteroatoms. The summed E-state index contributed by atoms with van der Waals surface area (Å²) in [6.45, 7) is 0.308. The monoisotopic (exact) mass is 239 g/mol. The first-order valence-corrected chi connectivity index (χ1v) is 5.29. The minimum Gasteiger partial charge on any atom is -0.346 e. The molecular formula is C9H16F3N3O. The molecule has 0 aromatic rings. The Hall–Kier alpha value is -0.820. The van der Waals surface area contributed by atoms with Crippen LogP contribution in [-0.4, -0.2) is 43.3 Å². The number of carbonyl (C=O) groups is 1. The average molecular weight is 239 g/mol. The van der Waals surface area contributed by atoms with Gasteiger partial charge < -0.3 is 5.32 Å². The SMILES string of the molecule is O=C(CNN1CCCCC1)NCC(F)(F)F. The van der Waals surface area contributed by atoms with E-state index in [2.05, 4.69) is 5.43 Å². The standard InChI is InChI=1S/C9H16F3N3O/c10-9(11,12)7-13-8(16)6-14-15-4-2-1-3-5-15/h14H,1-7H2,(H,13,16). The fourth-order valence-electron chi connectivity index (χ4n) is 1.50. The second kappa shape index (κ2) is 6.05. The number of hydrogen-bond donors (Lipinski definition) is 2. The van der Waals surface area contributed by atoms with Crippen molar-refractivity contribution in [2.75, 3.05) is 26.2 Å². The number of nitrogens with one attached hydrogen (secondary N) is 2. The number of halogens is 3. The third-order valence-electron chi connectivity index (χ3n) is 2.31. The number of piperidine rings is 1. The molecule has 0 radical (unpaired) electrons. The van der Waals surface area contributed by atoms with Gasteiger partial charge in [-0.05, 0) is 12.8 Å². The highest BCUT2D eigenvalue weighted by Gasteiger charge is 2.27. The quantitative estimate of drug-likeness (QED) is 0.757. The van der Waals surface area contributed by atoms with E-state index >= 15 is 0 Å². The van der Waals surface area contributed by atoms with E-state index in [1.165, 1.54) is 6.42 Å². The number of carbonyl (C=O) groups excluding carboxylic acids is 1. The van der Waals surface area contributed by atoms with Crippen LogP contribution in [0.3, 0.4) is 0 Å². The Morgan fingerprint density at radius 2 is 1.81 bits per heavy atom. The second-order valence-corrected chi connectivity index (χ2v) is 3.77. The molecule has 0 bridgehead atoms. The highest BCUT2D eigenvalue weighted by atomic mass is 19.4. The van der Waals surface area contributed by atoms with E-state index in [4.69, 9.17) is 0 Å². The molecule has 16 heavy (non-hydrogen) atoms. The van der Waals surface area contributed by atoms with Gasteiger partial charge in [0.2, 0.25) is 5.91 Å². The molecule has 1 aliphatic heterocycles. The van der Waals surface area contributed by atoms with E-state index in [-0.39, 0.29) is 6.54 Å². The zero-order chi connectivity index (χ0) is 12.0. The smallest absolute Gasteiger partial charge is 0.346 e. The molecule has 1 fully saturated rings. The molecule has 1 heterocycles. The summed E-state index contributed by atoms with van der Waals surface area (Å²) in [5.74, 6) is -0.636. The van der Waals surface area contributed by atoms with Crippen LogP contribution >= 0.6 is 0 Å². The van der Waals surface area contributed by atoms with E-state index in [1.54, 1.807) is 0 Å². The molecule has 2 N–H and O–H groups in total. The molecule has 1 rings (SSSR count). The van der Waals surface area contributed by atoms with Crippen molar-refractivity contribution in [3.63, 3.8) is 0 Å². The molecular weight excluding hydrogens is 223 g/mol. The van der Waals surface area contributed by atoms with Crippen molar-refractivity contribution in [2.45, 2.75) is 25.4 Å². The summed E-state index contributed by atoms with van der Waals surface area (Å²) in [6.07, 6.45) is -1.08. The lowest BCUT2D eigenvalue weighted by molar-refractivity contribution is -0.138. The lowest BCUT2D eigenvalue weighted by atomic mass is 10.2. The lowest BCUT2D eigenvalue weighted by Gasteiger charge is -2.26. The van der Waals surface area contributed by atoms with Crippen LogP contribution in [0.15, 0.2) is 0 Å². The molecule has 0 aromatic carbocycles. The highest BCUT2D eigenvalue weighted by molar-refractivity contribution is 5.77. The third kappa shape index (κ3) is 5.92. The summed E-state index contributed by atoms with van der Waals surface area (Å²) in [5, 5.41) is 3.68. The summed E-state index contributed by atoms with van der Waals surface area (Å²) < 4.78 is 35.3. The normalized spacial score (nSPS) is 18.4. The van der Waals surface area contributed by atoms with E-state index in [1.807, 2.05) is 10.3 Å². The average Bonchev–Trinajstić information content (AvgIpc) is 2.24. The first-order chi connectivity index (χ1) is 7.47. The molecule has 94 valence electrons. The number of alkyl halides is 3. The van der Waals surface area contributed by atoms with Crippen molar-refractivity contribution >= 4 is 5.91 Å². The summed E-state index contributed by atoms with van der Waals surface area (Å²) in [4.78, 5) is 11.0. The molecule has 0 saturated carbocycles. The Morgan fingerprint density at radius 1 is 1.19 bits per heavy atom. The molecule has 1 amide bonds. The predicted octanol–water partition coefficient (Wildman–Crippen LogP) is 0.655. The topological polar surface area (TPSA) is 44.4 Å². The molecule has 1 aliphatic rings.